The Balaban J connectivity index is 1.23. The van der Waals surface area contributed by atoms with E-state index in [0.29, 0.717) is 30.0 Å². The molecule has 0 spiro atoms. The highest BCUT2D eigenvalue weighted by molar-refractivity contribution is 8.27. The van der Waals surface area contributed by atoms with Crippen molar-refractivity contribution >= 4 is 76.9 Å². The van der Waals surface area contributed by atoms with E-state index in [9.17, 15) is 9.59 Å². The van der Waals surface area contributed by atoms with Crippen LogP contribution in [-0.2, 0) is 4.79 Å². The van der Waals surface area contributed by atoms with Crippen LogP contribution in [-0.4, -0.2) is 34.6 Å². The quantitative estimate of drug-likeness (QED) is 0.298. The molecule has 0 aliphatic carbocycles. The third kappa shape index (κ3) is 4.34. The summed E-state index contributed by atoms with van der Waals surface area (Å²) >= 11 is 3.76. The maximum atomic E-state index is 11.8. The van der Waals surface area contributed by atoms with Gasteiger partial charge in [-0.05, 0) is 62.1 Å². The fourth-order valence-electron chi connectivity index (χ4n) is 4.37. The summed E-state index contributed by atoms with van der Waals surface area (Å²) in [7, 11) is 2.18. The first kappa shape index (κ1) is 22.2. The average molecular weight is 500 g/mol. The van der Waals surface area contributed by atoms with Crippen molar-refractivity contribution in [3.63, 3.8) is 0 Å². The number of rotatable bonds is 5. The number of thiazole rings is 1. The minimum absolute atomic E-state index is 0.163. The number of aromatic nitrogens is 1. The molecule has 1 fully saturated rings. The second-order valence-electron chi connectivity index (χ2n) is 8.98. The predicted octanol–water partition coefficient (Wildman–Crippen LogP) is 5.89. The molecule has 1 saturated heterocycles. The van der Waals surface area contributed by atoms with Crippen LogP contribution < -0.4 is 20.9 Å². The summed E-state index contributed by atoms with van der Waals surface area (Å²) in [6, 6.07) is 8.59. The molecule has 3 N–H and O–H groups in total. The highest BCUT2D eigenvalue weighted by Gasteiger charge is 2.34. The zero-order valence-electron chi connectivity index (χ0n) is 18.8. The van der Waals surface area contributed by atoms with Crippen LogP contribution in [0.15, 0.2) is 30.0 Å². The van der Waals surface area contributed by atoms with Gasteiger partial charge in [0.2, 0.25) is 5.12 Å². The van der Waals surface area contributed by atoms with Gasteiger partial charge in [-0.2, -0.15) is 0 Å². The minimum atomic E-state index is -0.328. The number of thioether (sulfide) groups is 1. The topological polar surface area (TPSA) is 86.4 Å². The maximum absolute atomic E-state index is 11.8. The molecule has 1 atom stereocenters. The van der Waals surface area contributed by atoms with E-state index in [1.54, 1.807) is 17.4 Å². The lowest BCUT2D eigenvalue weighted by atomic mass is 9.80. The molecule has 0 bridgehead atoms. The zero-order chi connectivity index (χ0) is 23.3. The Kier molecular flexibility index (Phi) is 5.62. The first-order valence-corrected chi connectivity index (χ1v) is 13.2. The van der Waals surface area contributed by atoms with Crippen LogP contribution in [0.25, 0.3) is 15.6 Å². The van der Waals surface area contributed by atoms with E-state index in [4.69, 9.17) is 0 Å². The van der Waals surface area contributed by atoms with E-state index in [2.05, 4.69) is 71.9 Å². The Bertz CT molecular complexity index is 1260. The van der Waals surface area contributed by atoms with Gasteiger partial charge >= 0.3 is 0 Å². The predicted molar refractivity (Wildman–Crippen MR) is 141 cm³/mol. The van der Waals surface area contributed by atoms with Gasteiger partial charge in [-0.1, -0.05) is 18.3 Å². The lowest BCUT2D eigenvalue weighted by Gasteiger charge is -2.45. The molecule has 5 rings (SSSR count). The molecule has 7 nitrogen and oxygen atoms in total. The van der Waals surface area contributed by atoms with E-state index in [1.807, 2.05) is 6.07 Å². The highest BCUT2D eigenvalue weighted by Crippen LogP contribution is 2.43. The summed E-state index contributed by atoms with van der Waals surface area (Å²) in [5, 5.41) is 9.65. The van der Waals surface area contributed by atoms with E-state index >= 15 is 0 Å². The monoisotopic (exact) mass is 499 g/mol. The van der Waals surface area contributed by atoms with Crippen molar-refractivity contribution in [3.05, 3.63) is 40.4 Å². The molecule has 10 heteroatoms. The Morgan fingerprint density at radius 1 is 1.24 bits per heavy atom. The van der Waals surface area contributed by atoms with E-state index in [0.717, 1.165) is 31.6 Å². The van der Waals surface area contributed by atoms with E-state index in [1.165, 1.54) is 22.6 Å². The largest absolute Gasteiger partial charge is 0.369 e. The van der Waals surface area contributed by atoms with Gasteiger partial charge < -0.3 is 20.9 Å². The van der Waals surface area contributed by atoms with Gasteiger partial charge in [-0.25, -0.2) is 4.98 Å². The van der Waals surface area contributed by atoms with Crippen LogP contribution in [0.2, 0.25) is 0 Å². The number of fused-ring (bicyclic) bond motifs is 2. The zero-order valence-corrected chi connectivity index (χ0v) is 21.3. The summed E-state index contributed by atoms with van der Waals surface area (Å²) < 4.78 is 1.05. The fraction of sp³-hybridized carbons (Fsp3) is 0.348. The number of hydrogen-bond acceptors (Lipinski definition) is 9. The summed E-state index contributed by atoms with van der Waals surface area (Å²) in [4.78, 5) is 31.9. The molecule has 4 heterocycles. The summed E-state index contributed by atoms with van der Waals surface area (Å²) in [6.45, 7) is 7.47. The Morgan fingerprint density at radius 2 is 2.06 bits per heavy atom. The van der Waals surface area contributed by atoms with Crippen LogP contribution in [0.5, 0.6) is 0 Å². The van der Waals surface area contributed by atoms with Crippen molar-refractivity contribution in [2.75, 3.05) is 29.2 Å². The van der Waals surface area contributed by atoms with Crippen LogP contribution in [0.1, 0.15) is 43.6 Å². The molecule has 2 aliphatic heterocycles. The molecule has 2 aromatic heterocycles. The summed E-state index contributed by atoms with van der Waals surface area (Å²) in [5.41, 5.74) is 4.27. The first-order chi connectivity index (χ1) is 15.7. The summed E-state index contributed by atoms with van der Waals surface area (Å²) in [5.74, 6) is 0.516. The standard InChI is InChI=1S/C23H25N5O2S3/c1-12-10-23(2,3)28(4)17-6-5-13(7-15(12)17)24-11-25-21-27-19-18(32-21)9-14(31-19)8-16-20(29)33-22(30)26-16/h5-9,12,24H,10-11H2,1-4H3,(H,25,27)(H,26,30)/b16-8+. The number of carbonyl (C=O) groups is 2. The highest BCUT2D eigenvalue weighted by atomic mass is 32.2. The van der Waals surface area contributed by atoms with Crippen molar-refractivity contribution in [1.82, 2.24) is 10.3 Å². The molecular weight excluding hydrogens is 474 g/mol. The molecule has 1 unspecified atom stereocenters. The number of anilines is 3. The average Bonchev–Trinajstić information content (AvgIpc) is 3.39. The van der Waals surface area contributed by atoms with Crippen molar-refractivity contribution in [1.29, 1.82) is 0 Å². The van der Waals surface area contributed by atoms with Gasteiger partial charge in [0.05, 0.1) is 17.1 Å². The number of hydrogen-bond donors (Lipinski definition) is 3. The molecule has 1 aromatic carbocycles. The van der Waals surface area contributed by atoms with Crippen molar-refractivity contribution in [3.8, 4) is 0 Å². The maximum Gasteiger partial charge on any atom is 0.291 e. The molecule has 0 saturated carbocycles. The van der Waals surface area contributed by atoms with E-state index in [-0.39, 0.29) is 15.9 Å². The minimum Gasteiger partial charge on any atom is -0.369 e. The third-order valence-electron chi connectivity index (χ3n) is 6.20. The van der Waals surface area contributed by atoms with Gasteiger partial charge in [0.1, 0.15) is 4.83 Å². The molecule has 3 aromatic rings. The number of thiophene rings is 1. The van der Waals surface area contributed by atoms with Crippen LogP contribution >= 0.6 is 34.4 Å². The normalized spacial score (nSPS) is 20.9. The van der Waals surface area contributed by atoms with E-state index < -0.39 is 0 Å². The Morgan fingerprint density at radius 3 is 2.79 bits per heavy atom. The smallest absolute Gasteiger partial charge is 0.291 e. The SMILES string of the molecule is CC1CC(C)(C)N(C)c2ccc(NCNc3nc4sc(/C=C5/NC(=O)SC5=O)cc4s3)cc21. The number of amides is 1. The van der Waals surface area contributed by atoms with Gasteiger partial charge in [0.25, 0.3) is 5.24 Å². The number of nitrogens with one attached hydrogen (secondary N) is 3. The van der Waals surface area contributed by atoms with Crippen molar-refractivity contribution in [2.24, 2.45) is 0 Å². The number of nitrogens with zero attached hydrogens (tertiary/aromatic N) is 2. The van der Waals surface area contributed by atoms with Gasteiger partial charge in [-0.3, -0.25) is 9.59 Å². The van der Waals surface area contributed by atoms with Crippen molar-refractivity contribution in [2.45, 2.75) is 38.6 Å². The Hall–Kier alpha value is -2.56. The summed E-state index contributed by atoms with van der Waals surface area (Å²) in [6.07, 6.45) is 2.84. The Labute approximate surface area is 204 Å². The van der Waals surface area contributed by atoms with Crippen molar-refractivity contribution < 1.29 is 9.59 Å². The van der Waals surface area contributed by atoms with Crippen LogP contribution in [0, 0.1) is 0 Å². The molecule has 1 amide bonds. The number of carbonyl (C=O) groups excluding carboxylic acids is 2. The lowest BCUT2D eigenvalue weighted by Crippen LogP contribution is -2.45. The first-order valence-electron chi connectivity index (χ1n) is 10.7. The molecule has 2 aliphatic rings. The number of benzene rings is 1. The fourth-order valence-corrected chi connectivity index (χ4v) is 6.98. The second kappa shape index (κ2) is 8.34. The van der Waals surface area contributed by atoms with Gasteiger partial charge in [0, 0.05) is 40.6 Å². The lowest BCUT2D eigenvalue weighted by molar-refractivity contribution is -0.107. The van der Waals surface area contributed by atoms with Crippen LogP contribution in [0.3, 0.4) is 0 Å². The molecule has 0 radical (unpaired) electrons. The molecule has 33 heavy (non-hydrogen) atoms. The molecule has 172 valence electrons. The van der Waals surface area contributed by atoms with Crippen LogP contribution in [0.4, 0.5) is 21.3 Å². The van der Waals surface area contributed by atoms with Gasteiger partial charge in [-0.15, -0.1) is 11.3 Å². The second-order valence-corrected chi connectivity index (χ2v) is 12.0. The third-order valence-corrected chi connectivity index (χ3v) is 8.96. The van der Waals surface area contributed by atoms with Gasteiger partial charge in [0.15, 0.2) is 5.13 Å². The molecular formula is C23H25N5O2S3.